The topological polar surface area (TPSA) is 59.2 Å². The Bertz CT molecular complexity index is 620. The maximum absolute atomic E-state index is 12.4. The molecule has 7 heteroatoms. The second kappa shape index (κ2) is 7.41. The van der Waals surface area contributed by atoms with E-state index in [-0.39, 0.29) is 5.91 Å². The number of rotatable bonds is 5. The van der Waals surface area contributed by atoms with Gasteiger partial charge in [-0.25, -0.2) is 0 Å². The molecule has 0 radical (unpaired) electrons. The van der Waals surface area contributed by atoms with Crippen LogP contribution in [-0.2, 0) is 24.4 Å². The molecule has 1 aliphatic rings. The number of carbonyl (C=O) groups excluding carboxylic acids is 1. The molecular weight excluding hydrogens is 292 g/mol. The fourth-order valence-electron chi connectivity index (χ4n) is 2.93. The first-order valence-corrected chi connectivity index (χ1v) is 8.23. The summed E-state index contributed by atoms with van der Waals surface area (Å²) in [5.41, 5.74) is 1.24. The van der Waals surface area contributed by atoms with Gasteiger partial charge in [0, 0.05) is 63.4 Å². The third-order valence-electron chi connectivity index (χ3n) is 4.21. The van der Waals surface area contributed by atoms with Crippen molar-refractivity contribution in [3.8, 4) is 0 Å². The third kappa shape index (κ3) is 4.19. The van der Waals surface area contributed by atoms with E-state index in [1.165, 1.54) is 5.56 Å². The molecule has 0 aliphatic carbocycles. The van der Waals surface area contributed by atoms with Gasteiger partial charge in [-0.15, -0.1) is 0 Å². The number of aromatic nitrogens is 4. The van der Waals surface area contributed by atoms with Crippen molar-refractivity contribution in [2.75, 3.05) is 26.2 Å². The van der Waals surface area contributed by atoms with E-state index >= 15 is 0 Å². The number of aryl methyl sites for hydroxylation is 1. The quantitative estimate of drug-likeness (QED) is 0.820. The summed E-state index contributed by atoms with van der Waals surface area (Å²) in [5.74, 6) is 0.148. The Hall–Kier alpha value is -2.15. The minimum absolute atomic E-state index is 0.148. The van der Waals surface area contributed by atoms with Gasteiger partial charge in [-0.3, -0.25) is 19.1 Å². The van der Waals surface area contributed by atoms with Crippen LogP contribution in [0.1, 0.15) is 18.9 Å². The van der Waals surface area contributed by atoms with Gasteiger partial charge in [0.15, 0.2) is 0 Å². The van der Waals surface area contributed by atoms with E-state index in [0.29, 0.717) is 6.54 Å². The molecule has 0 atom stereocenters. The number of hydrogen-bond donors (Lipinski definition) is 0. The normalized spacial score (nSPS) is 16.5. The van der Waals surface area contributed by atoms with Crippen LogP contribution in [0.25, 0.3) is 0 Å². The lowest BCUT2D eigenvalue weighted by atomic mass is 10.3. The molecule has 3 rings (SSSR count). The molecule has 1 saturated heterocycles. The number of amides is 1. The smallest absolute Gasteiger partial charge is 0.244 e. The van der Waals surface area contributed by atoms with Gasteiger partial charge in [0.1, 0.15) is 6.54 Å². The van der Waals surface area contributed by atoms with Crippen molar-refractivity contribution < 1.29 is 4.79 Å². The maximum atomic E-state index is 12.4. The molecule has 0 aromatic carbocycles. The zero-order valence-corrected chi connectivity index (χ0v) is 13.6. The Morgan fingerprint density at radius 3 is 2.83 bits per heavy atom. The minimum Gasteiger partial charge on any atom is -0.340 e. The molecule has 0 bridgehead atoms. The van der Waals surface area contributed by atoms with Gasteiger partial charge in [-0.1, -0.05) is 0 Å². The zero-order chi connectivity index (χ0) is 16.1. The van der Waals surface area contributed by atoms with E-state index in [4.69, 9.17) is 0 Å². The summed E-state index contributed by atoms with van der Waals surface area (Å²) in [6.07, 6.45) is 8.58. The average Bonchev–Trinajstić information content (AvgIpc) is 3.16. The van der Waals surface area contributed by atoms with Crippen LogP contribution in [0.2, 0.25) is 0 Å². The highest BCUT2D eigenvalue weighted by molar-refractivity contribution is 5.75. The first kappa shape index (κ1) is 15.7. The van der Waals surface area contributed by atoms with Crippen LogP contribution in [0.5, 0.6) is 0 Å². The van der Waals surface area contributed by atoms with Crippen LogP contribution in [0.15, 0.2) is 30.9 Å². The third-order valence-corrected chi connectivity index (χ3v) is 4.21. The summed E-state index contributed by atoms with van der Waals surface area (Å²) >= 11 is 0. The molecule has 0 saturated carbocycles. The van der Waals surface area contributed by atoms with E-state index in [1.54, 1.807) is 10.9 Å². The molecule has 0 unspecified atom stereocenters. The maximum Gasteiger partial charge on any atom is 0.244 e. The fraction of sp³-hybridized carbons (Fsp3) is 0.562. The zero-order valence-electron chi connectivity index (χ0n) is 13.6. The summed E-state index contributed by atoms with van der Waals surface area (Å²) in [7, 11) is 0. The Morgan fingerprint density at radius 2 is 2.09 bits per heavy atom. The minimum atomic E-state index is 0.148. The standard InChI is InChI=1S/C16H24N6O/c1-2-21-13-15(11-18-21)12-19-6-4-7-20(10-9-19)16(23)14-22-8-3-5-17-22/h3,5,8,11,13H,2,4,6-7,9-10,12,14H2,1H3. The molecule has 0 N–H and O–H groups in total. The first-order valence-electron chi connectivity index (χ1n) is 8.23. The largest absolute Gasteiger partial charge is 0.340 e. The molecule has 1 fully saturated rings. The lowest BCUT2D eigenvalue weighted by Crippen LogP contribution is -2.37. The van der Waals surface area contributed by atoms with Crippen molar-refractivity contribution in [2.24, 2.45) is 0 Å². The number of carbonyl (C=O) groups is 1. The van der Waals surface area contributed by atoms with Gasteiger partial charge in [0.2, 0.25) is 5.91 Å². The molecule has 23 heavy (non-hydrogen) atoms. The van der Waals surface area contributed by atoms with Crippen LogP contribution < -0.4 is 0 Å². The molecule has 2 aromatic rings. The van der Waals surface area contributed by atoms with E-state index in [2.05, 4.69) is 28.2 Å². The van der Waals surface area contributed by atoms with Crippen LogP contribution >= 0.6 is 0 Å². The number of hydrogen-bond acceptors (Lipinski definition) is 4. The van der Waals surface area contributed by atoms with Crippen molar-refractivity contribution in [2.45, 2.75) is 33.0 Å². The van der Waals surface area contributed by atoms with E-state index in [1.807, 2.05) is 28.0 Å². The van der Waals surface area contributed by atoms with Gasteiger partial charge >= 0.3 is 0 Å². The molecule has 3 heterocycles. The Morgan fingerprint density at radius 1 is 1.17 bits per heavy atom. The monoisotopic (exact) mass is 316 g/mol. The Balaban J connectivity index is 1.51. The molecule has 124 valence electrons. The van der Waals surface area contributed by atoms with E-state index in [0.717, 1.165) is 45.7 Å². The highest BCUT2D eigenvalue weighted by atomic mass is 16.2. The van der Waals surface area contributed by atoms with Gasteiger partial charge in [0.05, 0.1) is 6.20 Å². The van der Waals surface area contributed by atoms with Crippen LogP contribution in [0.3, 0.4) is 0 Å². The van der Waals surface area contributed by atoms with Gasteiger partial charge in [-0.2, -0.15) is 10.2 Å². The first-order chi connectivity index (χ1) is 11.2. The lowest BCUT2D eigenvalue weighted by Gasteiger charge is -2.21. The second-order valence-electron chi connectivity index (χ2n) is 5.92. The number of nitrogens with zero attached hydrogens (tertiary/aromatic N) is 6. The Kier molecular flexibility index (Phi) is 5.07. The predicted octanol–water partition coefficient (Wildman–Crippen LogP) is 0.834. The molecule has 1 amide bonds. The average molecular weight is 316 g/mol. The SMILES string of the molecule is CCn1cc(CN2CCCN(C(=O)Cn3cccn3)CC2)cn1. The molecular formula is C16H24N6O. The summed E-state index contributed by atoms with van der Waals surface area (Å²) in [5, 5.41) is 8.43. The van der Waals surface area contributed by atoms with E-state index < -0.39 is 0 Å². The van der Waals surface area contributed by atoms with Crippen LogP contribution in [0, 0.1) is 0 Å². The van der Waals surface area contributed by atoms with Crippen molar-refractivity contribution in [1.82, 2.24) is 29.4 Å². The highest BCUT2D eigenvalue weighted by Crippen LogP contribution is 2.09. The van der Waals surface area contributed by atoms with Gasteiger partial charge in [-0.05, 0) is 19.4 Å². The fourth-order valence-corrected chi connectivity index (χ4v) is 2.93. The van der Waals surface area contributed by atoms with Crippen molar-refractivity contribution in [1.29, 1.82) is 0 Å². The van der Waals surface area contributed by atoms with Gasteiger partial charge < -0.3 is 4.90 Å². The predicted molar refractivity (Wildman–Crippen MR) is 86.6 cm³/mol. The van der Waals surface area contributed by atoms with Crippen LogP contribution in [-0.4, -0.2) is 61.4 Å². The molecule has 1 aliphatic heterocycles. The van der Waals surface area contributed by atoms with Crippen LogP contribution in [0.4, 0.5) is 0 Å². The summed E-state index contributed by atoms with van der Waals surface area (Å²) < 4.78 is 3.64. The molecule has 7 nitrogen and oxygen atoms in total. The van der Waals surface area contributed by atoms with Crippen molar-refractivity contribution in [3.05, 3.63) is 36.4 Å². The van der Waals surface area contributed by atoms with Crippen molar-refractivity contribution >= 4 is 5.91 Å². The lowest BCUT2D eigenvalue weighted by molar-refractivity contribution is -0.131. The second-order valence-corrected chi connectivity index (χ2v) is 5.92. The molecule has 0 spiro atoms. The summed E-state index contributed by atoms with van der Waals surface area (Å²) in [6, 6.07) is 1.84. The highest BCUT2D eigenvalue weighted by Gasteiger charge is 2.19. The Labute approximate surface area is 136 Å². The van der Waals surface area contributed by atoms with Gasteiger partial charge in [0.25, 0.3) is 0 Å². The summed E-state index contributed by atoms with van der Waals surface area (Å²) in [4.78, 5) is 16.7. The summed E-state index contributed by atoms with van der Waals surface area (Å²) in [6.45, 7) is 7.75. The van der Waals surface area contributed by atoms with E-state index in [9.17, 15) is 4.79 Å². The molecule has 2 aromatic heterocycles. The van der Waals surface area contributed by atoms with Crippen molar-refractivity contribution in [3.63, 3.8) is 0 Å².